The smallest absolute Gasteiger partial charge is 0.0259 e. The van der Waals surface area contributed by atoms with Crippen molar-refractivity contribution in [3.05, 3.63) is 0 Å². The summed E-state index contributed by atoms with van der Waals surface area (Å²) in [6.07, 6.45) is 4.24. The molecule has 0 aliphatic heterocycles. The number of hydrogen-bond acceptors (Lipinski definition) is 0. The first kappa shape index (κ1) is 13.5. The van der Waals surface area contributed by atoms with Crippen molar-refractivity contribution in [2.45, 2.75) is 66.5 Å². The van der Waals surface area contributed by atoms with Gasteiger partial charge in [-0.05, 0) is 47.6 Å². The van der Waals surface area contributed by atoms with Crippen LogP contribution in [-0.4, -0.2) is 5.66 Å². The Morgan fingerprint density at radius 3 is 1.33 bits per heavy atom. The SMILES string of the molecule is CC(C)(C)C1CC(P)CC(C(C)(C)C)C1. The molecule has 0 spiro atoms. The lowest BCUT2D eigenvalue weighted by atomic mass is 9.63. The summed E-state index contributed by atoms with van der Waals surface area (Å²) in [5.74, 6) is 1.80. The van der Waals surface area contributed by atoms with Crippen LogP contribution in [-0.2, 0) is 0 Å². The monoisotopic (exact) mass is 228 g/mol. The van der Waals surface area contributed by atoms with Gasteiger partial charge in [-0.2, -0.15) is 0 Å². The molecule has 0 N–H and O–H groups in total. The van der Waals surface area contributed by atoms with Gasteiger partial charge in [0.1, 0.15) is 0 Å². The van der Waals surface area contributed by atoms with Crippen LogP contribution in [0.2, 0.25) is 0 Å². The third-order valence-electron chi connectivity index (χ3n) is 4.19. The van der Waals surface area contributed by atoms with Crippen LogP contribution in [0.15, 0.2) is 0 Å². The van der Waals surface area contributed by atoms with Crippen LogP contribution in [0, 0.1) is 22.7 Å². The fraction of sp³-hybridized carbons (Fsp3) is 1.00. The van der Waals surface area contributed by atoms with Gasteiger partial charge in [0.15, 0.2) is 0 Å². The molecule has 1 aliphatic rings. The molecule has 0 bridgehead atoms. The van der Waals surface area contributed by atoms with Crippen molar-refractivity contribution in [1.82, 2.24) is 0 Å². The maximum absolute atomic E-state index is 3.07. The Balaban J connectivity index is 2.73. The van der Waals surface area contributed by atoms with Crippen molar-refractivity contribution in [2.75, 3.05) is 0 Å². The second kappa shape index (κ2) is 4.36. The van der Waals surface area contributed by atoms with Gasteiger partial charge in [0.05, 0.1) is 0 Å². The van der Waals surface area contributed by atoms with E-state index in [1.165, 1.54) is 19.3 Å². The highest BCUT2D eigenvalue weighted by Crippen LogP contribution is 2.47. The maximum atomic E-state index is 3.07. The van der Waals surface area contributed by atoms with Gasteiger partial charge in [0.25, 0.3) is 0 Å². The summed E-state index contributed by atoms with van der Waals surface area (Å²) in [6, 6.07) is 0. The van der Waals surface area contributed by atoms with Gasteiger partial charge < -0.3 is 0 Å². The van der Waals surface area contributed by atoms with E-state index in [2.05, 4.69) is 50.8 Å². The van der Waals surface area contributed by atoms with Crippen molar-refractivity contribution in [3.63, 3.8) is 0 Å². The Kier molecular flexibility index (Phi) is 3.92. The van der Waals surface area contributed by atoms with Gasteiger partial charge in [-0.15, -0.1) is 9.24 Å². The molecular formula is C14H29P. The van der Waals surface area contributed by atoms with Crippen LogP contribution in [0.3, 0.4) is 0 Å². The molecule has 90 valence electrons. The van der Waals surface area contributed by atoms with E-state index in [0.717, 1.165) is 17.5 Å². The zero-order valence-electron chi connectivity index (χ0n) is 11.4. The van der Waals surface area contributed by atoms with Crippen LogP contribution in [0.25, 0.3) is 0 Å². The fourth-order valence-corrected chi connectivity index (χ4v) is 3.43. The third-order valence-corrected chi connectivity index (χ3v) is 4.74. The molecule has 0 aromatic rings. The molecule has 3 unspecified atom stereocenters. The molecule has 1 aliphatic carbocycles. The van der Waals surface area contributed by atoms with Gasteiger partial charge in [0.2, 0.25) is 0 Å². The molecule has 0 saturated heterocycles. The molecule has 0 amide bonds. The van der Waals surface area contributed by atoms with E-state index in [4.69, 9.17) is 0 Å². The van der Waals surface area contributed by atoms with Crippen molar-refractivity contribution in [2.24, 2.45) is 22.7 Å². The van der Waals surface area contributed by atoms with E-state index in [1.807, 2.05) is 0 Å². The predicted molar refractivity (Wildman–Crippen MR) is 73.2 cm³/mol. The summed E-state index contributed by atoms with van der Waals surface area (Å²) < 4.78 is 0. The zero-order valence-corrected chi connectivity index (χ0v) is 12.6. The minimum Gasteiger partial charge on any atom is -0.134 e. The van der Waals surface area contributed by atoms with Gasteiger partial charge in [-0.1, -0.05) is 41.5 Å². The summed E-state index contributed by atoms with van der Waals surface area (Å²) in [5.41, 5.74) is 1.81. The average Bonchev–Trinajstić information content (AvgIpc) is 1.99. The lowest BCUT2D eigenvalue weighted by Gasteiger charge is -2.45. The Morgan fingerprint density at radius 1 is 0.733 bits per heavy atom. The highest BCUT2D eigenvalue weighted by atomic mass is 31.0. The first-order chi connectivity index (χ1) is 6.60. The van der Waals surface area contributed by atoms with E-state index < -0.39 is 0 Å². The molecule has 0 radical (unpaired) electrons. The molecule has 1 heteroatoms. The molecule has 0 aromatic heterocycles. The van der Waals surface area contributed by atoms with Gasteiger partial charge in [0, 0.05) is 0 Å². The summed E-state index contributed by atoms with van der Waals surface area (Å²) in [6.45, 7) is 14.4. The van der Waals surface area contributed by atoms with Crippen LogP contribution >= 0.6 is 9.24 Å². The molecular weight excluding hydrogens is 199 g/mol. The number of rotatable bonds is 0. The Bertz CT molecular complexity index is 184. The Labute approximate surface area is 98.8 Å². The van der Waals surface area contributed by atoms with Crippen molar-refractivity contribution in [3.8, 4) is 0 Å². The predicted octanol–water partition coefficient (Wildman–Crippen LogP) is 4.74. The summed E-state index contributed by atoms with van der Waals surface area (Å²) in [4.78, 5) is 0. The van der Waals surface area contributed by atoms with Gasteiger partial charge in [-0.25, -0.2) is 0 Å². The minimum absolute atomic E-state index is 0.485. The van der Waals surface area contributed by atoms with Gasteiger partial charge in [-0.3, -0.25) is 0 Å². The molecule has 3 atom stereocenters. The molecule has 1 saturated carbocycles. The maximum Gasteiger partial charge on any atom is -0.0259 e. The van der Waals surface area contributed by atoms with Crippen molar-refractivity contribution < 1.29 is 0 Å². The summed E-state index contributed by atoms with van der Waals surface area (Å²) in [5, 5.41) is 0. The van der Waals surface area contributed by atoms with E-state index in [1.54, 1.807) is 0 Å². The first-order valence-corrected chi connectivity index (χ1v) is 7.03. The van der Waals surface area contributed by atoms with Gasteiger partial charge >= 0.3 is 0 Å². The molecule has 0 heterocycles. The third kappa shape index (κ3) is 3.74. The normalized spacial score (nSPS) is 34.2. The van der Waals surface area contributed by atoms with Crippen molar-refractivity contribution in [1.29, 1.82) is 0 Å². The molecule has 15 heavy (non-hydrogen) atoms. The summed E-state index contributed by atoms with van der Waals surface area (Å²) in [7, 11) is 3.07. The van der Waals surface area contributed by atoms with Crippen LogP contribution < -0.4 is 0 Å². The van der Waals surface area contributed by atoms with Crippen molar-refractivity contribution >= 4 is 9.24 Å². The highest BCUT2D eigenvalue weighted by Gasteiger charge is 2.37. The highest BCUT2D eigenvalue weighted by molar-refractivity contribution is 7.17. The molecule has 0 nitrogen and oxygen atoms in total. The van der Waals surface area contributed by atoms with Crippen LogP contribution in [0.1, 0.15) is 60.8 Å². The minimum atomic E-state index is 0.485. The van der Waals surface area contributed by atoms with E-state index in [9.17, 15) is 0 Å². The molecule has 1 rings (SSSR count). The topological polar surface area (TPSA) is 0 Å². The standard InChI is InChI=1S/C14H29P/c1-13(2,3)10-7-11(14(4,5)6)9-12(15)8-10/h10-12H,7-9,15H2,1-6H3. The quantitative estimate of drug-likeness (QED) is 0.525. The van der Waals surface area contributed by atoms with E-state index >= 15 is 0 Å². The lowest BCUT2D eigenvalue weighted by molar-refractivity contribution is 0.0864. The average molecular weight is 228 g/mol. The summed E-state index contributed by atoms with van der Waals surface area (Å²) >= 11 is 0. The van der Waals surface area contributed by atoms with Crippen LogP contribution in [0.5, 0.6) is 0 Å². The van der Waals surface area contributed by atoms with E-state index in [0.29, 0.717) is 10.8 Å². The largest absolute Gasteiger partial charge is 0.134 e. The second-order valence-electron chi connectivity index (χ2n) is 7.59. The zero-order chi connectivity index (χ0) is 11.9. The second-order valence-corrected chi connectivity index (χ2v) is 8.54. The molecule has 0 aromatic carbocycles. The Morgan fingerprint density at radius 2 is 1.07 bits per heavy atom. The van der Waals surface area contributed by atoms with E-state index in [-0.39, 0.29) is 0 Å². The molecule has 1 fully saturated rings. The number of hydrogen-bond donors (Lipinski definition) is 0. The first-order valence-electron chi connectivity index (χ1n) is 6.36. The lowest BCUT2D eigenvalue weighted by Crippen LogP contribution is -2.36. The Hall–Kier alpha value is 0.430. The van der Waals surface area contributed by atoms with Crippen LogP contribution in [0.4, 0.5) is 0 Å². The fourth-order valence-electron chi connectivity index (χ4n) is 2.78.